The number of aromatic nitrogens is 3. The third kappa shape index (κ3) is 2.13. The van der Waals surface area contributed by atoms with Crippen LogP contribution in [0.3, 0.4) is 0 Å². The Bertz CT molecular complexity index is 588. The number of hydrogen-bond acceptors (Lipinski definition) is 3. The SMILES string of the molecule is Cn1cnc(-c2cc(N)c(F)cc2C(F)(F)F)n1. The van der Waals surface area contributed by atoms with Gasteiger partial charge in [-0.15, -0.1) is 0 Å². The summed E-state index contributed by atoms with van der Waals surface area (Å²) in [5.74, 6) is -1.28. The second-order valence-corrected chi connectivity index (χ2v) is 3.66. The number of nitrogens with two attached hydrogens (primary N) is 1. The minimum Gasteiger partial charge on any atom is -0.396 e. The molecule has 2 aromatic rings. The summed E-state index contributed by atoms with van der Waals surface area (Å²) in [5.41, 5.74) is 3.39. The van der Waals surface area contributed by atoms with Crippen LogP contribution in [-0.2, 0) is 13.2 Å². The van der Waals surface area contributed by atoms with Crippen LogP contribution in [-0.4, -0.2) is 14.8 Å². The van der Waals surface area contributed by atoms with E-state index in [2.05, 4.69) is 10.1 Å². The van der Waals surface area contributed by atoms with Crippen LogP contribution in [0.15, 0.2) is 18.5 Å². The third-order valence-electron chi connectivity index (χ3n) is 2.28. The number of nitrogen functional groups attached to an aromatic ring is 1. The summed E-state index contributed by atoms with van der Waals surface area (Å²) in [7, 11) is 1.51. The van der Waals surface area contributed by atoms with Gasteiger partial charge in [0.25, 0.3) is 0 Å². The molecule has 0 saturated carbocycles. The Morgan fingerprint density at radius 3 is 2.44 bits per heavy atom. The lowest BCUT2D eigenvalue weighted by atomic mass is 10.1. The molecule has 1 aromatic heterocycles. The van der Waals surface area contributed by atoms with E-state index >= 15 is 0 Å². The summed E-state index contributed by atoms with van der Waals surface area (Å²) >= 11 is 0. The Balaban J connectivity index is 2.69. The van der Waals surface area contributed by atoms with Gasteiger partial charge in [0.15, 0.2) is 5.82 Å². The highest BCUT2D eigenvalue weighted by atomic mass is 19.4. The fraction of sp³-hybridized carbons (Fsp3) is 0.200. The van der Waals surface area contributed by atoms with Crippen LogP contribution in [0.4, 0.5) is 23.2 Å². The quantitative estimate of drug-likeness (QED) is 0.631. The second-order valence-electron chi connectivity index (χ2n) is 3.66. The molecule has 0 fully saturated rings. The molecule has 18 heavy (non-hydrogen) atoms. The molecule has 8 heteroatoms. The topological polar surface area (TPSA) is 56.7 Å². The standard InChI is InChI=1S/C10H8F4N4/c1-18-4-16-9(17-18)5-2-8(15)7(11)3-6(5)10(12,13)14/h2-4H,15H2,1H3. The average molecular weight is 260 g/mol. The van der Waals surface area contributed by atoms with Crippen molar-refractivity contribution in [3.63, 3.8) is 0 Å². The van der Waals surface area contributed by atoms with Crippen LogP contribution in [0.2, 0.25) is 0 Å². The number of rotatable bonds is 1. The van der Waals surface area contributed by atoms with Crippen LogP contribution in [0.1, 0.15) is 5.56 Å². The first-order valence-electron chi connectivity index (χ1n) is 4.81. The summed E-state index contributed by atoms with van der Waals surface area (Å²) in [5, 5.41) is 3.75. The molecule has 0 aliphatic carbocycles. The van der Waals surface area contributed by atoms with Gasteiger partial charge in [0, 0.05) is 12.6 Å². The van der Waals surface area contributed by atoms with E-state index in [1.165, 1.54) is 18.1 Å². The molecule has 96 valence electrons. The highest BCUT2D eigenvalue weighted by molar-refractivity contribution is 5.66. The number of hydrogen-bond donors (Lipinski definition) is 1. The number of aryl methyl sites for hydroxylation is 1. The third-order valence-corrected chi connectivity index (χ3v) is 2.28. The van der Waals surface area contributed by atoms with Gasteiger partial charge in [-0.3, -0.25) is 4.68 Å². The largest absolute Gasteiger partial charge is 0.417 e. The van der Waals surface area contributed by atoms with E-state index in [0.717, 1.165) is 6.07 Å². The zero-order valence-electron chi connectivity index (χ0n) is 9.16. The highest BCUT2D eigenvalue weighted by Gasteiger charge is 2.35. The molecule has 2 rings (SSSR count). The maximum atomic E-state index is 13.1. The average Bonchev–Trinajstić information content (AvgIpc) is 2.67. The van der Waals surface area contributed by atoms with Crippen LogP contribution >= 0.6 is 0 Å². The van der Waals surface area contributed by atoms with E-state index in [1.807, 2.05) is 0 Å². The van der Waals surface area contributed by atoms with Gasteiger partial charge < -0.3 is 5.73 Å². The molecule has 2 N–H and O–H groups in total. The van der Waals surface area contributed by atoms with Crippen molar-refractivity contribution in [3.05, 3.63) is 29.8 Å². The molecule has 0 bridgehead atoms. The molecule has 0 spiro atoms. The Labute approximate surface area is 99.0 Å². The summed E-state index contributed by atoms with van der Waals surface area (Å²) in [6, 6.07) is 1.23. The molecule has 1 aromatic carbocycles. The van der Waals surface area contributed by atoms with Crippen molar-refractivity contribution in [3.8, 4) is 11.4 Å². The molecule has 0 aliphatic rings. The van der Waals surface area contributed by atoms with E-state index in [1.54, 1.807) is 0 Å². The van der Waals surface area contributed by atoms with Crippen molar-refractivity contribution in [2.75, 3.05) is 5.73 Å². The smallest absolute Gasteiger partial charge is 0.396 e. The van der Waals surface area contributed by atoms with Crippen LogP contribution in [0.25, 0.3) is 11.4 Å². The molecule has 0 amide bonds. The summed E-state index contributed by atoms with van der Waals surface area (Å²) < 4.78 is 52.7. The second kappa shape index (κ2) is 3.97. The van der Waals surface area contributed by atoms with Gasteiger partial charge in [-0.25, -0.2) is 9.37 Å². The molecule has 0 radical (unpaired) electrons. The predicted octanol–water partition coefficient (Wildman–Crippen LogP) is 2.22. The van der Waals surface area contributed by atoms with E-state index < -0.39 is 17.6 Å². The van der Waals surface area contributed by atoms with E-state index in [0.29, 0.717) is 6.07 Å². The Morgan fingerprint density at radius 2 is 1.94 bits per heavy atom. The van der Waals surface area contributed by atoms with Gasteiger partial charge in [-0.1, -0.05) is 0 Å². The van der Waals surface area contributed by atoms with Gasteiger partial charge in [0.1, 0.15) is 12.1 Å². The van der Waals surface area contributed by atoms with E-state index in [4.69, 9.17) is 5.73 Å². The number of halogens is 4. The van der Waals surface area contributed by atoms with Crippen molar-refractivity contribution in [2.24, 2.45) is 7.05 Å². The molecule has 1 heterocycles. The molecule has 0 unspecified atom stereocenters. The van der Waals surface area contributed by atoms with E-state index in [-0.39, 0.29) is 17.1 Å². The molecular formula is C10H8F4N4. The number of alkyl halides is 3. The zero-order valence-corrected chi connectivity index (χ0v) is 9.16. The van der Waals surface area contributed by atoms with Crippen molar-refractivity contribution < 1.29 is 17.6 Å². The summed E-state index contributed by atoms with van der Waals surface area (Å²) in [4.78, 5) is 3.70. The van der Waals surface area contributed by atoms with Gasteiger partial charge >= 0.3 is 6.18 Å². The normalized spacial score (nSPS) is 11.8. The molecule has 0 atom stereocenters. The lowest BCUT2D eigenvalue weighted by molar-refractivity contribution is -0.137. The molecular weight excluding hydrogens is 252 g/mol. The minimum atomic E-state index is -4.71. The lowest BCUT2D eigenvalue weighted by Gasteiger charge is -2.12. The zero-order chi connectivity index (χ0) is 13.5. The molecule has 0 saturated heterocycles. The number of anilines is 1. The Kier molecular flexibility index (Phi) is 2.72. The summed E-state index contributed by atoms with van der Waals surface area (Å²) in [6.45, 7) is 0. The van der Waals surface area contributed by atoms with Gasteiger partial charge in [0.05, 0.1) is 11.3 Å². The van der Waals surface area contributed by atoms with Crippen LogP contribution in [0.5, 0.6) is 0 Å². The van der Waals surface area contributed by atoms with Crippen LogP contribution in [0, 0.1) is 5.82 Å². The van der Waals surface area contributed by atoms with E-state index in [9.17, 15) is 17.6 Å². The maximum Gasteiger partial charge on any atom is 0.417 e. The lowest BCUT2D eigenvalue weighted by Crippen LogP contribution is -2.09. The first-order chi connectivity index (χ1) is 8.29. The predicted molar refractivity (Wildman–Crippen MR) is 55.8 cm³/mol. The maximum absolute atomic E-state index is 13.1. The van der Waals surface area contributed by atoms with Crippen molar-refractivity contribution in [1.82, 2.24) is 14.8 Å². The summed E-state index contributed by atoms with van der Waals surface area (Å²) in [6.07, 6.45) is -3.46. The molecule has 0 aliphatic heterocycles. The number of nitrogens with zero attached hydrogens (tertiary/aromatic N) is 3. The highest BCUT2D eigenvalue weighted by Crippen LogP contribution is 2.37. The van der Waals surface area contributed by atoms with Gasteiger partial charge in [0.2, 0.25) is 0 Å². The van der Waals surface area contributed by atoms with Crippen molar-refractivity contribution in [2.45, 2.75) is 6.18 Å². The van der Waals surface area contributed by atoms with Crippen LogP contribution < -0.4 is 5.73 Å². The number of benzene rings is 1. The van der Waals surface area contributed by atoms with Crippen molar-refractivity contribution in [1.29, 1.82) is 0 Å². The molecule has 4 nitrogen and oxygen atoms in total. The first kappa shape index (κ1) is 12.3. The Hall–Kier alpha value is -2.12. The van der Waals surface area contributed by atoms with Gasteiger partial charge in [-0.2, -0.15) is 18.3 Å². The van der Waals surface area contributed by atoms with Gasteiger partial charge in [-0.05, 0) is 12.1 Å². The monoisotopic (exact) mass is 260 g/mol. The first-order valence-corrected chi connectivity index (χ1v) is 4.81. The fourth-order valence-electron chi connectivity index (χ4n) is 1.47. The Morgan fingerprint density at radius 1 is 1.28 bits per heavy atom. The fourth-order valence-corrected chi connectivity index (χ4v) is 1.47. The minimum absolute atomic E-state index is 0.156. The van der Waals surface area contributed by atoms with Crippen molar-refractivity contribution >= 4 is 5.69 Å².